The molecule has 0 aromatic rings. The van der Waals surface area contributed by atoms with Crippen LogP contribution in [0.5, 0.6) is 0 Å². The lowest BCUT2D eigenvalue weighted by atomic mass is 10.1. The van der Waals surface area contributed by atoms with Gasteiger partial charge < -0.3 is 10.1 Å². The van der Waals surface area contributed by atoms with Gasteiger partial charge in [0.25, 0.3) is 0 Å². The highest BCUT2D eigenvalue weighted by molar-refractivity contribution is 5.05. The van der Waals surface area contributed by atoms with Crippen molar-refractivity contribution in [2.75, 3.05) is 19.8 Å². The lowest BCUT2D eigenvalue weighted by molar-refractivity contribution is 0.191. The molecule has 1 aliphatic carbocycles. The summed E-state index contributed by atoms with van der Waals surface area (Å²) in [6, 6.07) is 0.822. The van der Waals surface area contributed by atoms with Gasteiger partial charge in [0.05, 0.1) is 6.61 Å². The monoisotopic (exact) mass is 181 g/mol. The average molecular weight is 181 g/mol. The Hall–Kier alpha value is -0.340. The first-order valence-electron chi connectivity index (χ1n) is 5.33. The molecular formula is C11H19NO. The Morgan fingerprint density at radius 3 is 2.92 bits per heavy atom. The van der Waals surface area contributed by atoms with Crippen LogP contribution < -0.4 is 5.32 Å². The molecule has 1 saturated carbocycles. The molecule has 0 amide bonds. The minimum absolute atomic E-state index is 0.681. The summed E-state index contributed by atoms with van der Waals surface area (Å²) in [6.45, 7) is 5.17. The maximum Gasteiger partial charge on any atom is 0.0529 e. The quantitative estimate of drug-likeness (QED) is 0.667. The summed E-state index contributed by atoms with van der Waals surface area (Å²) in [5, 5.41) is 3.52. The van der Waals surface area contributed by atoms with Crippen LogP contribution in [0.25, 0.3) is 0 Å². The molecule has 2 fully saturated rings. The number of nitrogens with one attached hydrogen (secondary N) is 1. The fraction of sp³-hybridized carbons (Fsp3) is 0.818. The van der Waals surface area contributed by atoms with E-state index in [0.717, 1.165) is 25.8 Å². The van der Waals surface area contributed by atoms with Crippen LogP contribution >= 0.6 is 0 Å². The molecule has 2 rings (SSSR count). The topological polar surface area (TPSA) is 21.3 Å². The van der Waals surface area contributed by atoms with Gasteiger partial charge in [-0.2, -0.15) is 0 Å². The van der Waals surface area contributed by atoms with Crippen LogP contribution in [0.3, 0.4) is 0 Å². The Balaban J connectivity index is 1.69. The fourth-order valence-electron chi connectivity index (χ4n) is 1.74. The van der Waals surface area contributed by atoms with E-state index < -0.39 is 0 Å². The van der Waals surface area contributed by atoms with Crippen LogP contribution in [-0.4, -0.2) is 25.8 Å². The predicted molar refractivity (Wildman–Crippen MR) is 53.7 cm³/mol. The Morgan fingerprint density at radius 2 is 2.31 bits per heavy atom. The molecule has 0 aromatic carbocycles. The highest BCUT2D eigenvalue weighted by Gasteiger charge is 2.20. The van der Waals surface area contributed by atoms with E-state index in [2.05, 4.69) is 18.3 Å². The van der Waals surface area contributed by atoms with Crippen LogP contribution in [0.2, 0.25) is 0 Å². The molecule has 2 heteroatoms. The Kier molecular flexibility index (Phi) is 3.01. The van der Waals surface area contributed by atoms with E-state index in [1.165, 1.54) is 24.8 Å². The van der Waals surface area contributed by atoms with Crippen LogP contribution in [0, 0.1) is 5.92 Å². The second kappa shape index (κ2) is 4.25. The molecule has 1 N–H and O–H groups in total. The smallest absolute Gasteiger partial charge is 0.0529 e. The van der Waals surface area contributed by atoms with Crippen LogP contribution in [0.15, 0.2) is 11.6 Å². The van der Waals surface area contributed by atoms with Crippen LogP contribution in [0.1, 0.15) is 26.2 Å². The van der Waals surface area contributed by atoms with Crippen molar-refractivity contribution in [1.82, 2.24) is 5.32 Å². The fourth-order valence-corrected chi connectivity index (χ4v) is 1.74. The summed E-state index contributed by atoms with van der Waals surface area (Å²) in [5.41, 5.74) is 1.47. The van der Waals surface area contributed by atoms with Crippen molar-refractivity contribution in [2.24, 2.45) is 5.92 Å². The Labute approximate surface area is 80.4 Å². The van der Waals surface area contributed by atoms with Gasteiger partial charge in [-0.15, -0.1) is 0 Å². The number of hydrogen-bond acceptors (Lipinski definition) is 2. The van der Waals surface area contributed by atoms with E-state index in [1.54, 1.807) is 0 Å². The molecule has 0 spiro atoms. The zero-order chi connectivity index (χ0) is 9.10. The van der Waals surface area contributed by atoms with Crippen LogP contribution in [0.4, 0.5) is 0 Å². The molecule has 1 aliphatic heterocycles. The molecule has 1 atom stereocenters. The van der Waals surface area contributed by atoms with Crippen molar-refractivity contribution in [3.63, 3.8) is 0 Å². The molecule has 2 aliphatic rings. The molecular weight excluding hydrogens is 162 g/mol. The Morgan fingerprint density at radius 1 is 1.46 bits per heavy atom. The first-order valence-corrected chi connectivity index (χ1v) is 5.33. The zero-order valence-electron chi connectivity index (χ0n) is 8.38. The highest BCUT2D eigenvalue weighted by atomic mass is 16.5. The Bertz CT molecular complexity index is 190. The van der Waals surface area contributed by atoms with E-state index >= 15 is 0 Å². The normalized spacial score (nSPS) is 29.6. The summed E-state index contributed by atoms with van der Waals surface area (Å²) in [4.78, 5) is 0. The van der Waals surface area contributed by atoms with Gasteiger partial charge in [-0.25, -0.2) is 0 Å². The van der Waals surface area contributed by atoms with Crippen LogP contribution in [-0.2, 0) is 4.74 Å². The summed E-state index contributed by atoms with van der Waals surface area (Å²) in [7, 11) is 0. The van der Waals surface area contributed by atoms with Gasteiger partial charge in [0.1, 0.15) is 0 Å². The van der Waals surface area contributed by atoms with Gasteiger partial charge >= 0.3 is 0 Å². The molecule has 2 nitrogen and oxygen atoms in total. The minimum Gasteiger partial charge on any atom is -0.381 e. The van der Waals surface area contributed by atoms with Crippen molar-refractivity contribution in [2.45, 2.75) is 32.2 Å². The predicted octanol–water partition coefficient (Wildman–Crippen LogP) is 1.72. The van der Waals surface area contributed by atoms with Crippen molar-refractivity contribution in [1.29, 1.82) is 0 Å². The maximum atomic E-state index is 5.33. The van der Waals surface area contributed by atoms with Crippen molar-refractivity contribution < 1.29 is 4.74 Å². The number of rotatable bonds is 4. The second-order valence-corrected chi connectivity index (χ2v) is 4.29. The third-order valence-electron chi connectivity index (χ3n) is 2.73. The van der Waals surface area contributed by atoms with E-state index in [4.69, 9.17) is 4.74 Å². The summed E-state index contributed by atoms with van der Waals surface area (Å²) in [5.74, 6) is 0.681. The van der Waals surface area contributed by atoms with E-state index in [-0.39, 0.29) is 0 Å². The maximum absolute atomic E-state index is 5.33. The highest BCUT2D eigenvalue weighted by Crippen LogP contribution is 2.19. The molecule has 0 aromatic heterocycles. The zero-order valence-corrected chi connectivity index (χ0v) is 8.38. The molecule has 1 heterocycles. The molecule has 0 bridgehead atoms. The van der Waals surface area contributed by atoms with Crippen molar-refractivity contribution in [3.8, 4) is 0 Å². The van der Waals surface area contributed by atoms with Gasteiger partial charge in [-0.05, 0) is 26.2 Å². The van der Waals surface area contributed by atoms with Gasteiger partial charge in [0.2, 0.25) is 0 Å². The van der Waals surface area contributed by atoms with Gasteiger partial charge in [0.15, 0.2) is 0 Å². The third-order valence-corrected chi connectivity index (χ3v) is 2.73. The van der Waals surface area contributed by atoms with Crippen molar-refractivity contribution >= 4 is 0 Å². The number of ether oxygens (including phenoxy) is 1. The van der Waals surface area contributed by atoms with E-state index in [0.29, 0.717) is 5.92 Å². The first kappa shape index (κ1) is 9.22. The largest absolute Gasteiger partial charge is 0.381 e. The van der Waals surface area contributed by atoms with Gasteiger partial charge in [-0.3, -0.25) is 0 Å². The SMILES string of the molecule is C/C(=C\C1CCOC1)CNC1CC1. The van der Waals surface area contributed by atoms with Crippen molar-refractivity contribution in [3.05, 3.63) is 11.6 Å². The molecule has 1 saturated heterocycles. The summed E-state index contributed by atoms with van der Waals surface area (Å²) < 4.78 is 5.33. The standard InChI is InChI=1S/C11H19NO/c1-9(7-12-11-2-3-11)6-10-4-5-13-8-10/h6,10-12H,2-5,7-8H2,1H3/b9-6+. The molecule has 13 heavy (non-hydrogen) atoms. The third kappa shape index (κ3) is 3.12. The number of hydrogen-bond donors (Lipinski definition) is 1. The molecule has 1 unspecified atom stereocenters. The molecule has 74 valence electrons. The van der Waals surface area contributed by atoms with E-state index in [1.807, 2.05) is 0 Å². The average Bonchev–Trinajstić information content (AvgIpc) is 2.82. The van der Waals surface area contributed by atoms with Gasteiger partial charge in [0, 0.05) is 25.1 Å². The summed E-state index contributed by atoms with van der Waals surface area (Å²) in [6.07, 6.45) is 6.34. The first-order chi connectivity index (χ1) is 6.34. The summed E-state index contributed by atoms with van der Waals surface area (Å²) >= 11 is 0. The lowest BCUT2D eigenvalue weighted by Gasteiger charge is -2.05. The van der Waals surface area contributed by atoms with E-state index in [9.17, 15) is 0 Å². The lowest BCUT2D eigenvalue weighted by Crippen LogP contribution is -2.18. The molecule has 0 radical (unpaired) electrons. The second-order valence-electron chi connectivity index (χ2n) is 4.29. The van der Waals surface area contributed by atoms with Gasteiger partial charge in [-0.1, -0.05) is 11.6 Å². The minimum atomic E-state index is 0.681.